The third-order valence-electron chi connectivity index (χ3n) is 4.70. The number of fused-ring (bicyclic) bond motifs is 1. The maximum absolute atomic E-state index is 12.2. The van der Waals surface area contributed by atoms with Crippen LogP contribution in [0, 0.1) is 0 Å². The Balaban J connectivity index is 1.58. The lowest BCUT2D eigenvalue weighted by Crippen LogP contribution is -2.25. The summed E-state index contributed by atoms with van der Waals surface area (Å²) in [5.74, 6) is 0.674. The highest BCUT2D eigenvalue weighted by atomic mass is 79.9. The number of aromatic nitrogens is 3. The lowest BCUT2D eigenvalue weighted by molar-refractivity contribution is 0.0951. The van der Waals surface area contributed by atoms with Gasteiger partial charge in [0.15, 0.2) is 11.5 Å². The summed E-state index contributed by atoms with van der Waals surface area (Å²) in [5.41, 5.74) is 3.29. The molecule has 0 aliphatic heterocycles. The molecular weight excluding hydrogens is 422 g/mol. The number of benzene rings is 1. The third-order valence-corrected chi connectivity index (χ3v) is 5.08. The SMILES string of the molecule is O=C(NC1CC1)c1ccc(-c2cnc3c(NCCCCO)nc(Br)cn23)cc1. The lowest BCUT2D eigenvalue weighted by Gasteiger charge is -2.09. The Labute approximate surface area is 171 Å². The summed E-state index contributed by atoms with van der Waals surface area (Å²) in [5, 5.41) is 15.2. The van der Waals surface area contributed by atoms with E-state index >= 15 is 0 Å². The molecule has 2 heterocycles. The Hall–Kier alpha value is -2.45. The monoisotopic (exact) mass is 443 g/mol. The van der Waals surface area contributed by atoms with Crippen LogP contribution in [0.1, 0.15) is 36.0 Å². The number of nitrogens with zero attached hydrogens (tertiary/aromatic N) is 3. The van der Waals surface area contributed by atoms with Crippen LogP contribution >= 0.6 is 15.9 Å². The van der Waals surface area contributed by atoms with Crippen molar-refractivity contribution in [2.75, 3.05) is 18.5 Å². The van der Waals surface area contributed by atoms with Crippen molar-refractivity contribution < 1.29 is 9.90 Å². The molecule has 4 rings (SSSR count). The van der Waals surface area contributed by atoms with Crippen molar-refractivity contribution >= 4 is 33.3 Å². The van der Waals surface area contributed by atoms with E-state index in [1.54, 1.807) is 0 Å². The van der Waals surface area contributed by atoms with Crippen LogP contribution < -0.4 is 10.6 Å². The molecule has 0 unspecified atom stereocenters. The number of carbonyl (C=O) groups is 1. The highest BCUT2D eigenvalue weighted by Crippen LogP contribution is 2.26. The summed E-state index contributed by atoms with van der Waals surface area (Å²) < 4.78 is 2.68. The number of hydrogen-bond donors (Lipinski definition) is 3. The fourth-order valence-electron chi connectivity index (χ4n) is 3.02. The first-order chi connectivity index (χ1) is 13.7. The molecule has 1 amide bonds. The van der Waals surface area contributed by atoms with Crippen molar-refractivity contribution in [1.29, 1.82) is 0 Å². The van der Waals surface area contributed by atoms with Gasteiger partial charge in [-0.3, -0.25) is 9.20 Å². The second kappa shape index (κ2) is 8.28. The van der Waals surface area contributed by atoms with Crippen LogP contribution in [0.3, 0.4) is 0 Å². The van der Waals surface area contributed by atoms with Gasteiger partial charge < -0.3 is 15.7 Å². The zero-order valence-electron chi connectivity index (χ0n) is 15.4. The third kappa shape index (κ3) is 4.18. The molecule has 7 nitrogen and oxygen atoms in total. The van der Waals surface area contributed by atoms with Crippen molar-refractivity contribution in [3.8, 4) is 11.3 Å². The van der Waals surface area contributed by atoms with E-state index in [-0.39, 0.29) is 12.5 Å². The molecular formula is C20H22BrN5O2. The summed E-state index contributed by atoms with van der Waals surface area (Å²) in [6, 6.07) is 7.91. The smallest absolute Gasteiger partial charge is 0.251 e. The molecule has 146 valence electrons. The molecule has 8 heteroatoms. The van der Waals surface area contributed by atoms with E-state index in [9.17, 15) is 4.79 Å². The first kappa shape index (κ1) is 18.9. The fraction of sp³-hybridized carbons (Fsp3) is 0.350. The van der Waals surface area contributed by atoms with E-state index in [4.69, 9.17) is 5.11 Å². The molecule has 0 bridgehead atoms. The van der Waals surface area contributed by atoms with Gasteiger partial charge in [-0.05, 0) is 53.7 Å². The highest BCUT2D eigenvalue weighted by Gasteiger charge is 2.23. The predicted molar refractivity (Wildman–Crippen MR) is 111 cm³/mol. The van der Waals surface area contributed by atoms with Gasteiger partial charge in [-0.2, -0.15) is 0 Å². The highest BCUT2D eigenvalue weighted by molar-refractivity contribution is 9.10. The Kier molecular flexibility index (Phi) is 5.59. The largest absolute Gasteiger partial charge is 0.396 e. The zero-order chi connectivity index (χ0) is 19.5. The minimum atomic E-state index is -0.0199. The maximum Gasteiger partial charge on any atom is 0.251 e. The van der Waals surface area contributed by atoms with Crippen LogP contribution in [0.5, 0.6) is 0 Å². The van der Waals surface area contributed by atoms with E-state index in [0.29, 0.717) is 28.6 Å². The minimum absolute atomic E-state index is 0.0199. The fourth-order valence-corrected chi connectivity index (χ4v) is 3.41. The Morgan fingerprint density at radius 2 is 2.04 bits per heavy atom. The second-order valence-electron chi connectivity index (χ2n) is 6.93. The summed E-state index contributed by atoms with van der Waals surface area (Å²) >= 11 is 3.46. The molecule has 1 saturated carbocycles. The topological polar surface area (TPSA) is 91.5 Å². The van der Waals surface area contributed by atoms with Crippen LogP contribution in [-0.4, -0.2) is 44.6 Å². The van der Waals surface area contributed by atoms with E-state index in [2.05, 4.69) is 36.5 Å². The Morgan fingerprint density at radius 3 is 2.75 bits per heavy atom. The van der Waals surface area contributed by atoms with Crippen LogP contribution in [-0.2, 0) is 0 Å². The zero-order valence-corrected chi connectivity index (χ0v) is 16.9. The molecule has 1 aliphatic carbocycles. The van der Waals surface area contributed by atoms with Crippen LogP contribution in [0.15, 0.2) is 41.3 Å². The molecule has 2 aromatic heterocycles. The van der Waals surface area contributed by atoms with Crippen LogP contribution in [0.25, 0.3) is 16.9 Å². The van der Waals surface area contributed by atoms with Gasteiger partial charge in [0.1, 0.15) is 4.60 Å². The van der Waals surface area contributed by atoms with Gasteiger partial charge in [0.2, 0.25) is 0 Å². The average molecular weight is 444 g/mol. The average Bonchev–Trinajstić information content (AvgIpc) is 3.41. The standard InChI is InChI=1S/C20H22BrN5O2/c21-17-12-26-16(11-23-19(26)18(25-17)22-9-1-2-10-27)13-3-5-14(6-4-13)20(28)24-15-7-8-15/h3-6,11-12,15,27H,1-2,7-10H2,(H,22,25)(H,24,28). The molecule has 3 N–H and O–H groups in total. The quantitative estimate of drug-likeness (QED) is 0.464. The number of anilines is 1. The van der Waals surface area contributed by atoms with Crippen molar-refractivity contribution in [2.24, 2.45) is 0 Å². The van der Waals surface area contributed by atoms with Crippen LogP contribution in [0.4, 0.5) is 5.82 Å². The first-order valence-electron chi connectivity index (χ1n) is 9.45. The number of amides is 1. The van der Waals surface area contributed by atoms with E-state index in [1.807, 2.05) is 41.1 Å². The van der Waals surface area contributed by atoms with Crippen LogP contribution in [0.2, 0.25) is 0 Å². The normalized spacial score (nSPS) is 13.6. The molecule has 0 atom stereocenters. The molecule has 0 spiro atoms. The Morgan fingerprint density at radius 1 is 1.25 bits per heavy atom. The predicted octanol–water partition coefficient (Wildman–Crippen LogP) is 3.24. The number of halogens is 1. The van der Waals surface area contributed by atoms with E-state index < -0.39 is 0 Å². The van der Waals surface area contributed by atoms with Crippen molar-refractivity contribution in [3.05, 3.63) is 46.8 Å². The molecule has 0 radical (unpaired) electrons. The number of aliphatic hydroxyl groups excluding tert-OH is 1. The van der Waals surface area contributed by atoms with Crippen molar-refractivity contribution in [1.82, 2.24) is 19.7 Å². The Bertz CT molecular complexity index is 982. The maximum atomic E-state index is 12.2. The number of imidazole rings is 1. The second-order valence-corrected chi connectivity index (χ2v) is 7.74. The number of rotatable bonds is 8. The molecule has 28 heavy (non-hydrogen) atoms. The number of nitrogens with one attached hydrogen (secondary N) is 2. The number of hydrogen-bond acceptors (Lipinski definition) is 5. The van der Waals surface area contributed by atoms with Gasteiger partial charge in [-0.15, -0.1) is 0 Å². The summed E-state index contributed by atoms with van der Waals surface area (Å²) in [7, 11) is 0. The number of unbranched alkanes of at least 4 members (excludes halogenated alkanes) is 1. The summed E-state index contributed by atoms with van der Waals surface area (Å²) in [6.07, 6.45) is 7.44. The van der Waals surface area contributed by atoms with Crippen molar-refractivity contribution in [3.63, 3.8) is 0 Å². The van der Waals surface area contributed by atoms with E-state index in [0.717, 1.165) is 42.6 Å². The molecule has 1 fully saturated rings. The van der Waals surface area contributed by atoms with Gasteiger partial charge >= 0.3 is 0 Å². The first-order valence-corrected chi connectivity index (χ1v) is 10.2. The number of carbonyl (C=O) groups excluding carboxylic acids is 1. The van der Waals surface area contributed by atoms with Crippen molar-refractivity contribution in [2.45, 2.75) is 31.7 Å². The molecule has 1 aromatic carbocycles. The molecule has 3 aromatic rings. The summed E-state index contributed by atoms with van der Waals surface area (Å²) in [4.78, 5) is 21.2. The molecule has 0 saturated heterocycles. The van der Waals surface area contributed by atoms with Gasteiger partial charge in [0.05, 0.1) is 11.9 Å². The van der Waals surface area contributed by atoms with Gasteiger partial charge in [0, 0.05) is 36.5 Å². The summed E-state index contributed by atoms with van der Waals surface area (Å²) in [6.45, 7) is 0.901. The van der Waals surface area contributed by atoms with Gasteiger partial charge in [-0.1, -0.05) is 12.1 Å². The lowest BCUT2D eigenvalue weighted by atomic mass is 10.1. The minimum Gasteiger partial charge on any atom is -0.396 e. The van der Waals surface area contributed by atoms with Gasteiger partial charge in [-0.25, -0.2) is 9.97 Å². The van der Waals surface area contributed by atoms with E-state index in [1.165, 1.54) is 0 Å². The van der Waals surface area contributed by atoms with Gasteiger partial charge in [0.25, 0.3) is 5.91 Å². The molecule has 1 aliphatic rings. The number of aliphatic hydroxyl groups is 1.